The third kappa shape index (κ3) is 5.19. The lowest BCUT2D eigenvalue weighted by atomic mass is 9.98. The number of likely N-dealkylation sites (tertiary alicyclic amines) is 1. The Morgan fingerprint density at radius 3 is 2.88 bits per heavy atom. The molecule has 3 nitrogen and oxygen atoms in total. The summed E-state index contributed by atoms with van der Waals surface area (Å²) in [7, 11) is 1.81. The Balaban J connectivity index is 2.20. The van der Waals surface area contributed by atoms with Crippen molar-refractivity contribution in [1.82, 2.24) is 4.90 Å². The number of piperidine rings is 1. The molecule has 100 valence electrons. The average molecular weight is 240 g/mol. The molecule has 0 amide bonds. The fraction of sp³-hybridized carbons (Fsp3) is 0.857. The number of hydrogen-bond donors (Lipinski definition) is 1. The zero-order valence-electron chi connectivity index (χ0n) is 11.2. The van der Waals surface area contributed by atoms with Crippen molar-refractivity contribution in [2.75, 3.05) is 26.7 Å². The molecule has 3 heteroatoms. The number of methoxy groups -OCH3 is 1. The molecule has 0 aromatic rings. The summed E-state index contributed by atoms with van der Waals surface area (Å²) in [6.07, 6.45) is 9.67. The molecular weight excluding hydrogens is 212 g/mol. The van der Waals surface area contributed by atoms with Crippen molar-refractivity contribution in [3.05, 3.63) is 12.7 Å². The van der Waals surface area contributed by atoms with Crippen LogP contribution < -0.4 is 5.73 Å². The first-order chi connectivity index (χ1) is 8.31. The van der Waals surface area contributed by atoms with E-state index in [1.54, 1.807) is 0 Å². The lowest BCUT2D eigenvalue weighted by molar-refractivity contribution is 0.0128. The fourth-order valence-electron chi connectivity index (χ4n) is 2.60. The van der Waals surface area contributed by atoms with E-state index < -0.39 is 0 Å². The van der Waals surface area contributed by atoms with E-state index in [4.69, 9.17) is 10.5 Å². The van der Waals surface area contributed by atoms with Crippen LogP contribution in [-0.2, 0) is 4.74 Å². The number of unbranched alkanes of at least 4 members (excludes halogenated alkanes) is 3. The molecule has 0 aromatic carbocycles. The Bertz CT molecular complexity index is 208. The van der Waals surface area contributed by atoms with Gasteiger partial charge in [-0.15, -0.1) is 6.58 Å². The average Bonchev–Trinajstić information content (AvgIpc) is 2.38. The van der Waals surface area contributed by atoms with Crippen molar-refractivity contribution in [1.29, 1.82) is 0 Å². The van der Waals surface area contributed by atoms with Gasteiger partial charge in [0.05, 0.1) is 6.10 Å². The molecule has 2 atom stereocenters. The second kappa shape index (κ2) is 8.67. The first-order valence-electron chi connectivity index (χ1n) is 6.89. The van der Waals surface area contributed by atoms with Gasteiger partial charge < -0.3 is 10.5 Å². The van der Waals surface area contributed by atoms with Crippen molar-refractivity contribution in [3.8, 4) is 0 Å². The molecule has 1 aliphatic rings. The molecule has 0 radical (unpaired) electrons. The monoisotopic (exact) mass is 240 g/mol. The van der Waals surface area contributed by atoms with Crippen LogP contribution in [0.2, 0.25) is 0 Å². The molecule has 1 saturated heterocycles. The molecule has 17 heavy (non-hydrogen) atoms. The Kier molecular flexibility index (Phi) is 7.49. The van der Waals surface area contributed by atoms with Gasteiger partial charge in [-0.1, -0.05) is 12.5 Å². The number of rotatable bonds is 8. The normalized spacial score (nSPS) is 26.0. The minimum atomic E-state index is 0.417. The van der Waals surface area contributed by atoms with Crippen molar-refractivity contribution in [2.45, 2.75) is 50.7 Å². The highest BCUT2D eigenvalue weighted by molar-refractivity contribution is 4.82. The minimum absolute atomic E-state index is 0.417. The molecule has 1 aliphatic heterocycles. The van der Waals surface area contributed by atoms with E-state index in [-0.39, 0.29) is 0 Å². The van der Waals surface area contributed by atoms with Gasteiger partial charge in [0.25, 0.3) is 0 Å². The molecule has 2 N–H and O–H groups in total. The van der Waals surface area contributed by atoms with E-state index in [2.05, 4.69) is 11.5 Å². The van der Waals surface area contributed by atoms with Gasteiger partial charge in [0.15, 0.2) is 0 Å². The Labute approximate surface area is 106 Å². The minimum Gasteiger partial charge on any atom is -0.381 e. The quantitative estimate of drug-likeness (QED) is 0.522. The molecule has 0 saturated carbocycles. The van der Waals surface area contributed by atoms with Gasteiger partial charge in [0.2, 0.25) is 0 Å². The van der Waals surface area contributed by atoms with Crippen molar-refractivity contribution in [2.24, 2.45) is 5.73 Å². The highest BCUT2D eigenvalue weighted by Crippen LogP contribution is 2.19. The maximum absolute atomic E-state index is 5.85. The van der Waals surface area contributed by atoms with Gasteiger partial charge in [-0.25, -0.2) is 0 Å². The van der Waals surface area contributed by atoms with E-state index in [0.29, 0.717) is 12.1 Å². The zero-order valence-corrected chi connectivity index (χ0v) is 11.2. The predicted octanol–water partition coefficient (Wildman–Crippen LogP) is 2.17. The van der Waals surface area contributed by atoms with Gasteiger partial charge >= 0.3 is 0 Å². The van der Waals surface area contributed by atoms with Crippen LogP contribution in [0.5, 0.6) is 0 Å². The van der Waals surface area contributed by atoms with Crippen LogP contribution in [0.1, 0.15) is 38.5 Å². The first kappa shape index (κ1) is 14.7. The van der Waals surface area contributed by atoms with Crippen molar-refractivity contribution in [3.63, 3.8) is 0 Å². The molecular formula is C14H28N2O. The van der Waals surface area contributed by atoms with Crippen molar-refractivity contribution >= 4 is 0 Å². The summed E-state index contributed by atoms with van der Waals surface area (Å²) >= 11 is 0. The molecule has 0 bridgehead atoms. The molecule has 2 unspecified atom stereocenters. The van der Waals surface area contributed by atoms with Crippen LogP contribution in [0.3, 0.4) is 0 Å². The number of ether oxygens (including phenoxy) is 1. The number of nitrogens with zero attached hydrogens (tertiary/aromatic N) is 1. The van der Waals surface area contributed by atoms with E-state index in [9.17, 15) is 0 Å². The molecule has 0 spiro atoms. The molecule has 1 heterocycles. The van der Waals surface area contributed by atoms with Gasteiger partial charge in [-0.3, -0.25) is 4.90 Å². The van der Waals surface area contributed by atoms with Gasteiger partial charge in [0.1, 0.15) is 0 Å². The summed E-state index contributed by atoms with van der Waals surface area (Å²) in [6.45, 7) is 6.84. The highest BCUT2D eigenvalue weighted by Gasteiger charge is 2.26. The van der Waals surface area contributed by atoms with E-state index in [1.807, 2.05) is 13.2 Å². The lowest BCUT2D eigenvalue weighted by Gasteiger charge is -2.38. The Hall–Kier alpha value is -0.380. The summed E-state index contributed by atoms with van der Waals surface area (Å²) in [4.78, 5) is 2.55. The Morgan fingerprint density at radius 2 is 2.24 bits per heavy atom. The van der Waals surface area contributed by atoms with E-state index in [1.165, 1.54) is 25.8 Å². The maximum Gasteiger partial charge on any atom is 0.0599 e. The summed E-state index contributed by atoms with van der Waals surface area (Å²) in [5, 5.41) is 0. The van der Waals surface area contributed by atoms with Crippen LogP contribution in [0.15, 0.2) is 12.7 Å². The van der Waals surface area contributed by atoms with E-state index >= 15 is 0 Å². The smallest absolute Gasteiger partial charge is 0.0599 e. The van der Waals surface area contributed by atoms with Gasteiger partial charge in [-0.05, 0) is 38.6 Å². The number of allylic oxidation sites excluding steroid dienone is 1. The third-order valence-corrected chi connectivity index (χ3v) is 3.75. The number of hydrogen-bond acceptors (Lipinski definition) is 3. The molecule has 1 fully saturated rings. The molecule has 1 rings (SSSR count). The van der Waals surface area contributed by atoms with Crippen LogP contribution >= 0.6 is 0 Å². The Morgan fingerprint density at radius 1 is 1.41 bits per heavy atom. The molecule has 0 aromatic heterocycles. The molecule has 0 aliphatic carbocycles. The fourth-order valence-corrected chi connectivity index (χ4v) is 2.60. The first-order valence-corrected chi connectivity index (χ1v) is 6.89. The largest absolute Gasteiger partial charge is 0.381 e. The van der Waals surface area contributed by atoms with Gasteiger partial charge in [0, 0.05) is 26.2 Å². The second-order valence-corrected chi connectivity index (χ2v) is 4.95. The summed E-state index contributed by atoms with van der Waals surface area (Å²) in [6, 6.07) is 0.521. The zero-order chi connectivity index (χ0) is 12.5. The summed E-state index contributed by atoms with van der Waals surface area (Å²) in [5.41, 5.74) is 5.85. The van der Waals surface area contributed by atoms with Crippen LogP contribution in [-0.4, -0.2) is 43.8 Å². The van der Waals surface area contributed by atoms with Gasteiger partial charge in [-0.2, -0.15) is 0 Å². The maximum atomic E-state index is 5.85. The van der Waals surface area contributed by atoms with Crippen LogP contribution in [0.25, 0.3) is 0 Å². The standard InChI is InChI=1S/C14H28N2O/c1-3-4-5-6-7-9-16-10-8-14(17-2)11-13(16)12-15/h3,13-14H,1,4-12,15H2,2H3. The topological polar surface area (TPSA) is 38.5 Å². The van der Waals surface area contributed by atoms with E-state index in [0.717, 1.165) is 32.4 Å². The van der Waals surface area contributed by atoms with Crippen LogP contribution in [0.4, 0.5) is 0 Å². The lowest BCUT2D eigenvalue weighted by Crippen LogP contribution is -2.48. The summed E-state index contributed by atoms with van der Waals surface area (Å²) < 4.78 is 5.44. The predicted molar refractivity (Wildman–Crippen MR) is 73.1 cm³/mol. The van der Waals surface area contributed by atoms with Crippen LogP contribution in [0, 0.1) is 0 Å². The van der Waals surface area contributed by atoms with Crippen molar-refractivity contribution < 1.29 is 4.74 Å². The number of nitrogens with two attached hydrogens (primary N) is 1. The SMILES string of the molecule is C=CCCCCCN1CCC(OC)CC1CN. The highest BCUT2D eigenvalue weighted by atomic mass is 16.5. The summed E-state index contributed by atoms with van der Waals surface area (Å²) in [5.74, 6) is 0. The third-order valence-electron chi connectivity index (χ3n) is 3.75. The second-order valence-electron chi connectivity index (χ2n) is 4.95.